The lowest BCUT2D eigenvalue weighted by atomic mass is 9.89. The van der Waals surface area contributed by atoms with E-state index in [-0.39, 0.29) is 11.8 Å². The van der Waals surface area contributed by atoms with Gasteiger partial charge in [-0.2, -0.15) is 0 Å². The highest BCUT2D eigenvalue weighted by Gasteiger charge is 2.35. The number of nitrogens with zero attached hydrogens (tertiary/aromatic N) is 4. The molecule has 0 bridgehead atoms. The van der Waals surface area contributed by atoms with E-state index in [4.69, 9.17) is 9.72 Å². The van der Waals surface area contributed by atoms with Gasteiger partial charge in [-0.3, -0.25) is 9.78 Å². The Kier molecular flexibility index (Phi) is 5.70. The number of pyridine rings is 1. The summed E-state index contributed by atoms with van der Waals surface area (Å²) in [6.07, 6.45) is 7.52. The largest absolute Gasteiger partial charge is 0.480 e. The van der Waals surface area contributed by atoms with Gasteiger partial charge in [-0.05, 0) is 42.2 Å². The van der Waals surface area contributed by atoms with E-state index >= 15 is 0 Å². The summed E-state index contributed by atoms with van der Waals surface area (Å²) in [6.45, 7) is 1.37. The Morgan fingerprint density at radius 1 is 0.943 bits per heavy atom. The first kappa shape index (κ1) is 21.5. The minimum absolute atomic E-state index is 0.0653. The van der Waals surface area contributed by atoms with Crippen molar-refractivity contribution >= 4 is 5.91 Å². The van der Waals surface area contributed by atoms with Crippen LogP contribution in [-0.4, -0.2) is 45.0 Å². The van der Waals surface area contributed by atoms with Crippen molar-refractivity contribution in [2.24, 2.45) is 0 Å². The summed E-state index contributed by atoms with van der Waals surface area (Å²) in [5, 5.41) is 0. The lowest BCUT2D eigenvalue weighted by molar-refractivity contribution is -0.139. The molecule has 2 aromatic heterocycles. The fourth-order valence-corrected chi connectivity index (χ4v) is 5.11. The van der Waals surface area contributed by atoms with Crippen LogP contribution in [0.1, 0.15) is 30.0 Å². The molecule has 2 atom stereocenters. The Balaban J connectivity index is 1.30. The molecule has 1 fully saturated rings. The van der Waals surface area contributed by atoms with Crippen LogP contribution in [0.2, 0.25) is 0 Å². The number of para-hydroxylation sites is 1. The number of hydrogen-bond donors (Lipinski definition) is 0. The molecule has 6 nitrogen and oxygen atoms in total. The van der Waals surface area contributed by atoms with Crippen LogP contribution in [0.3, 0.4) is 0 Å². The number of benzene rings is 2. The highest BCUT2D eigenvalue weighted by molar-refractivity contribution is 5.83. The molecular formula is C29H26N4O2. The Hall–Kier alpha value is -4.06. The number of carbonyl (C=O) groups excluding carboxylic acids is 1. The molecule has 2 unspecified atom stereocenters. The van der Waals surface area contributed by atoms with Gasteiger partial charge in [-0.1, -0.05) is 48.5 Å². The molecule has 0 spiro atoms. The molecule has 0 radical (unpaired) electrons. The third-order valence-electron chi connectivity index (χ3n) is 6.88. The quantitative estimate of drug-likeness (QED) is 0.431. The maximum Gasteiger partial charge on any atom is 0.264 e. The molecule has 174 valence electrons. The van der Waals surface area contributed by atoms with Crippen molar-refractivity contribution in [3.05, 3.63) is 96.6 Å². The van der Waals surface area contributed by atoms with Gasteiger partial charge in [0.1, 0.15) is 5.75 Å². The Morgan fingerprint density at radius 3 is 2.57 bits per heavy atom. The molecule has 0 aliphatic carbocycles. The topological polar surface area (TPSA) is 68.2 Å². The maximum absolute atomic E-state index is 13.5. The van der Waals surface area contributed by atoms with Crippen molar-refractivity contribution in [1.82, 2.24) is 19.9 Å². The molecule has 35 heavy (non-hydrogen) atoms. The number of carbonyl (C=O) groups is 1. The number of piperidine rings is 1. The zero-order valence-corrected chi connectivity index (χ0v) is 19.4. The minimum Gasteiger partial charge on any atom is -0.480 e. The second-order valence-corrected chi connectivity index (χ2v) is 9.14. The smallest absolute Gasteiger partial charge is 0.264 e. The van der Waals surface area contributed by atoms with E-state index in [0.717, 1.165) is 53.1 Å². The van der Waals surface area contributed by atoms with Crippen LogP contribution in [0.5, 0.6) is 5.75 Å². The summed E-state index contributed by atoms with van der Waals surface area (Å²) in [6, 6.07) is 22.0. The second kappa shape index (κ2) is 9.29. The Bertz CT molecular complexity index is 1320. The molecule has 6 heteroatoms. The highest BCUT2D eigenvalue weighted by Crippen LogP contribution is 2.35. The molecule has 1 saturated heterocycles. The zero-order chi connectivity index (χ0) is 23.6. The normalized spacial score (nSPS) is 19.1. The van der Waals surface area contributed by atoms with Crippen molar-refractivity contribution in [2.45, 2.75) is 31.3 Å². The minimum atomic E-state index is -0.447. The number of amides is 1. The number of likely N-dealkylation sites (tertiary alicyclic amines) is 1. The predicted octanol–water partition coefficient (Wildman–Crippen LogP) is 4.92. The van der Waals surface area contributed by atoms with Crippen molar-refractivity contribution in [2.75, 3.05) is 13.1 Å². The summed E-state index contributed by atoms with van der Waals surface area (Å²) in [5.74, 6) is 1.69. The van der Waals surface area contributed by atoms with Crippen molar-refractivity contribution < 1.29 is 9.53 Å². The van der Waals surface area contributed by atoms with Gasteiger partial charge >= 0.3 is 0 Å². The van der Waals surface area contributed by atoms with Gasteiger partial charge in [0.2, 0.25) is 0 Å². The van der Waals surface area contributed by atoms with E-state index in [0.29, 0.717) is 18.8 Å². The van der Waals surface area contributed by atoms with E-state index in [9.17, 15) is 4.79 Å². The van der Waals surface area contributed by atoms with Gasteiger partial charge in [0.15, 0.2) is 11.9 Å². The van der Waals surface area contributed by atoms with E-state index in [1.807, 2.05) is 65.7 Å². The second-order valence-electron chi connectivity index (χ2n) is 9.14. The number of fused-ring (bicyclic) bond motifs is 1. The standard InChI is InChI=1S/C29H26N4O2/c34-29(26-17-22-9-4-5-11-25(22)35-26)33-16-6-10-23(19-33)27-24(20-7-2-1-3-8-20)18-31-28(32-27)21-12-14-30-15-13-21/h1-5,7-9,11-15,18,23,26H,6,10,16-17,19H2. The molecule has 1 amide bonds. The monoisotopic (exact) mass is 462 g/mol. The first-order valence-corrected chi connectivity index (χ1v) is 12.1. The molecule has 2 aliphatic rings. The third kappa shape index (κ3) is 4.28. The molecule has 2 aromatic carbocycles. The first-order valence-electron chi connectivity index (χ1n) is 12.1. The van der Waals surface area contributed by atoms with Crippen LogP contribution < -0.4 is 4.74 Å². The molecular weight excluding hydrogens is 436 g/mol. The van der Waals surface area contributed by atoms with E-state index in [2.05, 4.69) is 22.1 Å². The van der Waals surface area contributed by atoms with E-state index < -0.39 is 6.10 Å². The van der Waals surface area contributed by atoms with Crippen molar-refractivity contribution in [3.8, 4) is 28.3 Å². The Labute approximate surface area is 204 Å². The summed E-state index contributed by atoms with van der Waals surface area (Å²) < 4.78 is 6.01. The maximum atomic E-state index is 13.5. The van der Waals surface area contributed by atoms with Gasteiger partial charge in [0.05, 0.1) is 5.69 Å². The lowest BCUT2D eigenvalue weighted by Crippen LogP contribution is -2.46. The Morgan fingerprint density at radius 2 is 1.74 bits per heavy atom. The van der Waals surface area contributed by atoms with Crippen LogP contribution >= 0.6 is 0 Å². The summed E-state index contributed by atoms with van der Waals surface area (Å²) in [5.41, 5.74) is 5.13. The van der Waals surface area contributed by atoms with Crippen molar-refractivity contribution in [3.63, 3.8) is 0 Å². The summed E-state index contributed by atoms with van der Waals surface area (Å²) >= 11 is 0. The third-order valence-corrected chi connectivity index (χ3v) is 6.88. The SMILES string of the molecule is O=C(C1Cc2ccccc2O1)N1CCCC(c2nc(-c3ccncc3)ncc2-c2ccccc2)C1. The van der Waals surface area contributed by atoms with E-state index in [1.54, 1.807) is 12.4 Å². The van der Waals surface area contributed by atoms with Crippen molar-refractivity contribution in [1.29, 1.82) is 0 Å². The molecule has 0 saturated carbocycles. The van der Waals surface area contributed by atoms with Gasteiger partial charge in [-0.25, -0.2) is 9.97 Å². The molecule has 2 aliphatic heterocycles. The fourth-order valence-electron chi connectivity index (χ4n) is 5.11. The first-order chi connectivity index (χ1) is 17.3. The fraction of sp³-hybridized carbons (Fsp3) is 0.241. The number of aromatic nitrogens is 3. The molecule has 0 N–H and O–H groups in total. The average molecular weight is 463 g/mol. The van der Waals surface area contributed by atoms with Crippen LogP contribution in [-0.2, 0) is 11.2 Å². The lowest BCUT2D eigenvalue weighted by Gasteiger charge is -2.34. The van der Waals surface area contributed by atoms with Gasteiger partial charge < -0.3 is 9.64 Å². The summed E-state index contributed by atoms with van der Waals surface area (Å²) in [7, 11) is 0. The number of hydrogen-bond acceptors (Lipinski definition) is 5. The number of rotatable bonds is 4. The van der Waals surface area contributed by atoms with Crippen LogP contribution in [0.25, 0.3) is 22.5 Å². The molecule has 4 aromatic rings. The molecule has 4 heterocycles. The van der Waals surface area contributed by atoms with Gasteiger partial charge in [-0.15, -0.1) is 0 Å². The molecule has 6 rings (SSSR count). The zero-order valence-electron chi connectivity index (χ0n) is 19.4. The van der Waals surface area contributed by atoms with Gasteiger partial charge in [0.25, 0.3) is 5.91 Å². The number of ether oxygens (including phenoxy) is 1. The van der Waals surface area contributed by atoms with Crippen LogP contribution in [0, 0.1) is 0 Å². The van der Waals surface area contributed by atoms with E-state index in [1.165, 1.54) is 0 Å². The highest BCUT2D eigenvalue weighted by atomic mass is 16.5. The predicted molar refractivity (Wildman–Crippen MR) is 134 cm³/mol. The van der Waals surface area contributed by atoms with Crippen LogP contribution in [0.15, 0.2) is 85.3 Å². The average Bonchev–Trinajstić information content (AvgIpc) is 3.38. The van der Waals surface area contributed by atoms with Gasteiger partial charge in [0, 0.05) is 55.1 Å². The summed E-state index contributed by atoms with van der Waals surface area (Å²) in [4.78, 5) is 29.3. The van der Waals surface area contributed by atoms with Crippen LogP contribution in [0.4, 0.5) is 0 Å².